The molecule has 8 aromatic carbocycles. The SMILES string of the molecule is CC1c2ccccc2-c2ccc(N(c3ccc(-c4ccccc4)cc3)c3cccc4c3-c3ccccc3C43c4ccccc4-c4ccccc43)cc21. The molecule has 3 aliphatic carbocycles. The average Bonchev–Trinajstić information content (AvgIpc) is 3.80. The first kappa shape index (κ1) is 29.3. The van der Waals surface area contributed by atoms with Gasteiger partial charge in [-0.15, -0.1) is 0 Å². The summed E-state index contributed by atoms with van der Waals surface area (Å²) in [6.45, 7) is 2.35. The number of anilines is 3. The summed E-state index contributed by atoms with van der Waals surface area (Å²) in [5, 5.41) is 0. The minimum absolute atomic E-state index is 0.324. The maximum Gasteiger partial charge on any atom is 0.0726 e. The van der Waals surface area contributed by atoms with Gasteiger partial charge in [0.25, 0.3) is 0 Å². The molecule has 0 amide bonds. The van der Waals surface area contributed by atoms with Gasteiger partial charge in [0, 0.05) is 22.9 Å². The van der Waals surface area contributed by atoms with E-state index in [0.717, 1.165) is 5.69 Å². The van der Waals surface area contributed by atoms with Crippen molar-refractivity contribution in [1.82, 2.24) is 0 Å². The number of hydrogen-bond donors (Lipinski definition) is 0. The summed E-state index contributed by atoms with van der Waals surface area (Å²) in [7, 11) is 0. The van der Waals surface area contributed by atoms with Crippen LogP contribution in [0.2, 0.25) is 0 Å². The highest BCUT2D eigenvalue weighted by Crippen LogP contribution is 2.64. The van der Waals surface area contributed by atoms with Crippen LogP contribution < -0.4 is 4.90 Å². The van der Waals surface area contributed by atoms with Crippen LogP contribution in [0.15, 0.2) is 188 Å². The molecule has 0 saturated carbocycles. The van der Waals surface area contributed by atoms with Crippen LogP contribution >= 0.6 is 0 Å². The van der Waals surface area contributed by atoms with Crippen LogP contribution in [0.4, 0.5) is 17.1 Å². The summed E-state index contributed by atoms with van der Waals surface area (Å²) < 4.78 is 0. The second-order valence-corrected chi connectivity index (χ2v) is 14.4. The van der Waals surface area contributed by atoms with E-state index in [1.807, 2.05) is 0 Å². The smallest absolute Gasteiger partial charge is 0.0726 e. The van der Waals surface area contributed by atoms with E-state index in [1.165, 1.54) is 89.3 Å². The summed E-state index contributed by atoms with van der Waals surface area (Å²) in [6, 6.07) is 70.0. The number of nitrogens with zero attached hydrogens (tertiary/aromatic N) is 1. The molecule has 52 heavy (non-hydrogen) atoms. The van der Waals surface area contributed by atoms with E-state index in [4.69, 9.17) is 0 Å². The number of benzene rings is 8. The maximum absolute atomic E-state index is 2.51. The Morgan fingerprint density at radius 3 is 1.62 bits per heavy atom. The van der Waals surface area contributed by atoms with Crippen molar-refractivity contribution in [3.05, 3.63) is 221 Å². The van der Waals surface area contributed by atoms with Crippen LogP contribution in [0.3, 0.4) is 0 Å². The van der Waals surface area contributed by atoms with Gasteiger partial charge in [-0.1, -0.05) is 165 Å². The minimum Gasteiger partial charge on any atom is -0.310 e. The van der Waals surface area contributed by atoms with E-state index in [0.29, 0.717) is 5.92 Å². The summed E-state index contributed by atoms with van der Waals surface area (Å²) in [5.41, 5.74) is 21.7. The van der Waals surface area contributed by atoms with Crippen molar-refractivity contribution in [2.75, 3.05) is 4.90 Å². The predicted octanol–water partition coefficient (Wildman–Crippen LogP) is 13.3. The van der Waals surface area contributed by atoms with Crippen LogP contribution in [-0.2, 0) is 5.41 Å². The van der Waals surface area contributed by atoms with E-state index in [2.05, 4.69) is 200 Å². The molecule has 0 bridgehead atoms. The molecule has 0 aromatic heterocycles. The highest BCUT2D eigenvalue weighted by Gasteiger charge is 2.52. The van der Waals surface area contributed by atoms with E-state index in [-0.39, 0.29) is 0 Å². The van der Waals surface area contributed by atoms with Gasteiger partial charge in [0.2, 0.25) is 0 Å². The van der Waals surface area contributed by atoms with E-state index < -0.39 is 5.41 Å². The molecule has 0 aliphatic heterocycles. The van der Waals surface area contributed by atoms with Gasteiger partial charge in [-0.3, -0.25) is 0 Å². The normalized spacial score (nSPS) is 15.0. The summed E-state index contributed by atoms with van der Waals surface area (Å²) in [5.74, 6) is 0.324. The van der Waals surface area contributed by atoms with Gasteiger partial charge < -0.3 is 4.90 Å². The Hall–Kier alpha value is -6.44. The second kappa shape index (κ2) is 11.0. The van der Waals surface area contributed by atoms with Gasteiger partial charge in [0.1, 0.15) is 0 Å². The molecule has 0 heterocycles. The molecular weight excluding hydrogens is 627 g/mol. The van der Waals surface area contributed by atoms with Crippen LogP contribution in [0.1, 0.15) is 46.2 Å². The van der Waals surface area contributed by atoms with Crippen molar-refractivity contribution >= 4 is 17.1 Å². The first-order valence-corrected chi connectivity index (χ1v) is 18.3. The van der Waals surface area contributed by atoms with Crippen molar-refractivity contribution in [2.45, 2.75) is 18.3 Å². The fourth-order valence-electron chi connectivity index (χ4n) is 9.75. The van der Waals surface area contributed by atoms with E-state index in [9.17, 15) is 0 Å². The average molecular weight is 662 g/mol. The lowest BCUT2D eigenvalue weighted by Crippen LogP contribution is -2.26. The first-order valence-electron chi connectivity index (χ1n) is 18.3. The largest absolute Gasteiger partial charge is 0.310 e. The zero-order valence-corrected chi connectivity index (χ0v) is 28.9. The number of fused-ring (bicyclic) bond motifs is 13. The van der Waals surface area contributed by atoms with Gasteiger partial charge >= 0.3 is 0 Å². The Bertz CT molecular complexity index is 2660. The van der Waals surface area contributed by atoms with Crippen molar-refractivity contribution in [3.63, 3.8) is 0 Å². The first-order chi connectivity index (χ1) is 25.7. The topological polar surface area (TPSA) is 3.24 Å². The molecule has 1 atom stereocenters. The Morgan fingerprint density at radius 1 is 0.385 bits per heavy atom. The molecule has 1 spiro atoms. The highest BCUT2D eigenvalue weighted by molar-refractivity contribution is 6.01. The lowest BCUT2D eigenvalue weighted by atomic mass is 9.70. The quantitative estimate of drug-likeness (QED) is 0.181. The fraction of sp³-hybridized carbons (Fsp3) is 0.0588. The van der Waals surface area contributed by atoms with Gasteiger partial charge in [-0.25, -0.2) is 0 Å². The zero-order chi connectivity index (χ0) is 34.4. The third kappa shape index (κ3) is 3.88. The third-order valence-electron chi connectivity index (χ3n) is 12.0. The molecule has 8 aromatic rings. The number of rotatable bonds is 4. The van der Waals surface area contributed by atoms with Gasteiger partial charge in [-0.2, -0.15) is 0 Å². The predicted molar refractivity (Wildman–Crippen MR) is 216 cm³/mol. The molecule has 11 rings (SSSR count). The van der Waals surface area contributed by atoms with Crippen LogP contribution in [0.5, 0.6) is 0 Å². The van der Waals surface area contributed by atoms with Crippen molar-refractivity contribution in [1.29, 1.82) is 0 Å². The van der Waals surface area contributed by atoms with Gasteiger partial charge in [-0.05, 0) is 103 Å². The molecule has 0 N–H and O–H groups in total. The number of hydrogen-bond acceptors (Lipinski definition) is 1. The van der Waals surface area contributed by atoms with Gasteiger partial charge in [0.15, 0.2) is 0 Å². The van der Waals surface area contributed by atoms with E-state index in [1.54, 1.807) is 0 Å². The Kier molecular flexibility index (Phi) is 6.22. The molecule has 0 radical (unpaired) electrons. The van der Waals surface area contributed by atoms with Gasteiger partial charge in [0.05, 0.1) is 11.1 Å². The minimum atomic E-state index is -0.397. The fourth-order valence-corrected chi connectivity index (χ4v) is 9.75. The zero-order valence-electron chi connectivity index (χ0n) is 28.9. The summed E-state index contributed by atoms with van der Waals surface area (Å²) in [4.78, 5) is 2.51. The molecule has 3 aliphatic rings. The molecule has 0 fully saturated rings. The molecule has 0 saturated heterocycles. The van der Waals surface area contributed by atoms with Crippen molar-refractivity contribution in [3.8, 4) is 44.5 Å². The molecule has 244 valence electrons. The van der Waals surface area contributed by atoms with E-state index >= 15 is 0 Å². The standard InChI is InChI=1S/C51H35N/c1-33-38-16-5-6-17-39(38)40-31-30-37(32-44(33)40)52(36-28-26-35(27-29-36)34-14-3-2-4-15-34)49-25-13-24-48-50(49)43-20-9-12-23-47(43)51(48)45-21-10-7-18-41(45)42-19-8-11-22-46(42)51/h2-33H,1H3. The third-order valence-corrected chi connectivity index (χ3v) is 12.0. The second-order valence-electron chi connectivity index (χ2n) is 14.4. The Labute approximate surface area is 305 Å². The summed E-state index contributed by atoms with van der Waals surface area (Å²) >= 11 is 0. The summed E-state index contributed by atoms with van der Waals surface area (Å²) in [6.07, 6.45) is 0. The monoisotopic (exact) mass is 661 g/mol. The lowest BCUT2D eigenvalue weighted by molar-refractivity contribution is 0.794. The molecule has 1 unspecified atom stereocenters. The lowest BCUT2D eigenvalue weighted by Gasteiger charge is -2.32. The van der Waals surface area contributed by atoms with Crippen LogP contribution in [0.25, 0.3) is 44.5 Å². The Morgan fingerprint density at radius 2 is 0.904 bits per heavy atom. The molecular formula is C51H35N. The van der Waals surface area contributed by atoms with Crippen LogP contribution in [-0.4, -0.2) is 0 Å². The molecule has 1 heteroatoms. The van der Waals surface area contributed by atoms with Crippen molar-refractivity contribution < 1.29 is 0 Å². The van der Waals surface area contributed by atoms with Crippen LogP contribution in [0, 0.1) is 0 Å². The highest BCUT2D eigenvalue weighted by atomic mass is 15.1. The van der Waals surface area contributed by atoms with Crippen molar-refractivity contribution in [2.24, 2.45) is 0 Å². The molecule has 1 nitrogen and oxygen atoms in total. The Balaban J connectivity index is 1.18. The maximum atomic E-state index is 2.51.